The van der Waals surface area contributed by atoms with Crippen LogP contribution in [0.1, 0.15) is 23.6 Å². The van der Waals surface area contributed by atoms with Gasteiger partial charge in [-0.1, -0.05) is 146 Å². The quantitative estimate of drug-likeness (QED) is 0.172. The van der Waals surface area contributed by atoms with Gasteiger partial charge in [0.05, 0.1) is 22.4 Å². The molecule has 0 unspecified atom stereocenters. The Kier molecular flexibility index (Phi) is 7.83. The first-order valence-corrected chi connectivity index (χ1v) is 18.1. The highest BCUT2D eigenvalue weighted by atomic mass is 32.2. The largest absolute Gasteiger partial charge is 0.309 e. The minimum absolute atomic E-state index is 0.747. The third-order valence-corrected chi connectivity index (χ3v) is 11.1. The van der Waals surface area contributed by atoms with Gasteiger partial charge >= 0.3 is 0 Å². The summed E-state index contributed by atoms with van der Waals surface area (Å²) in [4.78, 5) is 7.66. The smallest absolute Gasteiger partial charge is 0.0862 e. The molecule has 2 heterocycles. The summed E-state index contributed by atoms with van der Waals surface area (Å²) < 4.78 is 2.37. The van der Waals surface area contributed by atoms with Crippen LogP contribution in [0.4, 0.5) is 0 Å². The Balaban J connectivity index is 1.15. The van der Waals surface area contributed by atoms with Gasteiger partial charge in [-0.05, 0) is 88.8 Å². The van der Waals surface area contributed by atoms with Gasteiger partial charge < -0.3 is 4.57 Å². The molecule has 0 amide bonds. The molecule has 0 saturated carbocycles. The van der Waals surface area contributed by atoms with Gasteiger partial charge in [0.15, 0.2) is 0 Å². The average molecular weight is 671 g/mol. The summed E-state index contributed by atoms with van der Waals surface area (Å²) in [6.45, 7) is 6.70. The highest BCUT2D eigenvalue weighted by molar-refractivity contribution is 8.05. The number of nitrogens with zero attached hydrogens (tertiary/aromatic N) is 2. The van der Waals surface area contributed by atoms with Crippen molar-refractivity contribution in [1.82, 2.24) is 4.57 Å². The zero-order chi connectivity index (χ0) is 34.3. The number of aliphatic imine (C=N–C) groups is 1. The lowest BCUT2D eigenvalue weighted by molar-refractivity contribution is 1.18. The molecule has 242 valence electrons. The molecule has 0 spiro atoms. The van der Waals surface area contributed by atoms with Crippen LogP contribution in [0.15, 0.2) is 197 Å². The van der Waals surface area contributed by atoms with Crippen molar-refractivity contribution < 1.29 is 0 Å². The van der Waals surface area contributed by atoms with E-state index in [-0.39, 0.29) is 0 Å². The van der Waals surface area contributed by atoms with Crippen molar-refractivity contribution in [2.45, 2.75) is 11.8 Å². The van der Waals surface area contributed by atoms with Crippen LogP contribution >= 0.6 is 11.8 Å². The third-order valence-electron chi connectivity index (χ3n) is 9.78. The molecule has 51 heavy (non-hydrogen) atoms. The Morgan fingerprint density at radius 1 is 0.529 bits per heavy atom. The molecule has 0 N–H and O–H groups in total. The molecule has 0 fully saturated rings. The predicted molar refractivity (Wildman–Crippen MR) is 219 cm³/mol. The highest BCUT2D eigenvalue weighted by Crippen LogP contribution is 2.45. The van der Waals surface area contributed by atoms with E-state index in [0.717, 1.165) is 39.3 Å². The Morgan fingerprint density at radius 3 is 1.78 bits per heavy atom. The number of benzene rings is 7. The zero-order valence-corrected chi connectivity index (χ0v) is 29.1. The number of para-hydroxylation sites is 1. The van der Waals surface area contributed by atoms with E-state index in [2.05, 4.69) is 194 Å². The normalized spacial score (nSPS) is 14.3. The molecule has 3 heteroatoms. The molecule has 0 atom stereocenters. The van der Waals surface area contributed by atoms with Gasteiger partial charge in [0.2, 0.25) is 0 Å². The lowest BCUT2D eigenvalue weighted by Crippen LogP contribution is -2.00. The predicted octanol–water partition coefficient (Wildman–Crippen LogP) is 13.1. The molecule has 0 saturated heterocycles. The summed E-state index contributed by atoms with van der Waals surface area (Å²) in [7, 11) is 0. The van der Waals surface area contributed by atoms with E-state index in [4.69, 9.17) is 4.99 Å². The maximum Gasteiger partial charge on any atom is 0.0862 e. The van der Waals surface area contributed by atoms with Crippen molar-refractivity contribution in [1.29, 1.82) is 0 Å². The Labute approximate surface area is 302 Å². The molecular weight excluding hydrogens is 637 g/mol. The van der Waals surface area contributed by atoms with Crippen LogP contribution in [-0.2, 0) is 0 Å². The SMILES string of the molecule is C=C(/N=C1\C(=C(/C)c2ccccc2)Sc2ccccc21)c1cccc(-c2ccc3c(c2)c2cc(-c4ccccc4)ccc2n3-c2ccccc2)c1. The van der Waals surface area contributed by atoms with Crippen LogP contribution < -0.4 is 0 Å². The van der Waals surface area contributed by atoms with Crippen LogP contribution in [0.2, 0.25) is 0 Å². The zero-order valence-electron chi connectivity index (χ0n) is 28.3. The van der Waals surface area contributed by atoms with Crippen molar-refractivity contribution in [3.63, 3.8) is 0 Å². The van der Waals surface area contributed by atoms with Crippen molar-refractivity contribution >= 4 is 50.5 Å². The summed E-state index contributed by atoms with van der Waals surface area (Å²) >= 11 is 1.79. The van der Waals surface area contributed by atoms with E-state index in [1.807, 2.05) is 0 Å². The standard InChI is InChI=1S/C48H34N2S/c1-32(34-15-6-3-7-16-34)48-47(41-23-12-13-24-46(41)51-48)49-33(2)36-19-14-20-37(29-36)39-26-28-45-43(31-39)42-30-38(35-17-8-4-9-18-35)25-27-44(42)50(45)40-21-10-5-11-22-40/h3-31H,2H2,1H3/b48-32-,49-47-. The minimum atomic E-state index is 0.747. The van der Waals surface area contributed by atoms with Crippen LogP contribution in [-0.4, -0.2) is 10.3 Å². The molecule has 1 aliphatic rings. The number of allylic oxidation sites excluding steroid dienone is 2. The average Bonchev–Trinajstić information content (AvgIpc) is 3.73. The van der Waals surface area contributed by atoms with Gasteiger partial charge in [-0.3, -0.25) is 0 Å². The fraction of sp³-hybridized carbons (Fsp3) is 0.0208. The van der Waals surface area contributed by atoms with Gasteiger partial charge in [-0.2, -0.15) is 0 Å². The monoisotopic (exact) mass is 670 g/mol. The summed E-state index contributed by atoms with van der Waals surface area (Å²) in [6, 6.07) is 62.7. The topological polar surface area (TPSA) is 17.3 Å². The Hall–Kier alpha value is -6.16. The van der Waals surface area contributed by atoms with E-state index < -0.39 is 0 Å². The summed E-state index contributed by atoms with van der Waals surface area (Å²) in [6.07, 6.45) is 0. The fourth-order valence-electron chi connectivity index (χ4n) is 7.16. The number of hydrogen-bond acceptors (Lipinski definition) is 2. The maximum absolute atomic E-state index is 5.26. The second kappa shape index (κ2) is 12.9. The van der Waals surface area contributed by atoms with Gasteiger partial charge in [-0.25, -0.2) is 4.99 Å². The minimum Gasteiger partial charge on any atom is -0.309 e. The lowest BCUT2D eigenvalue weighted by atomic mass is 9.98. The Morgan fingerprint density at radius 2 is 1.08 bits per heavy atom. The van der Waals surface area contributed by atoms with Crippen molar-refractivity contribution in [3.8, 4) is 27.9 Å². The van der Waals surface area contributed by atoms with Gasteiger partial charge in [0.1, 0.15) is 0 Å². The van der Waals surface area contributed by atoms with Crippen LogP contribution in [0.25, 0.3) is 61.0 Å². The van der Waals surface area contributed by atoms with Crippen LogP contribution in [0.3, 0.4) is 0 Å². The molecular formula is C48H34N2S. The molecule has 9 rings (SSSR count). The number of fused-ring (bicyclic) bond motifs is 4. The van der Waals surface area contributed by atoms with E-state index in [1.165, 1.54) is 53.9 Å². The highest BCUT2D eigenvalue weighted by Gasteiger charge is 2.26. The van der Waals surface area contributed by atoms with Gasteiger partial charge in [0, 0.05) is 37.4 Å². The van der Waals surface area contributed by atoms with E-state index >= 15 is 0 Å². The first-order valence-electron chi connectivity index (χ1n) is 17.2. The van der Waals surface area contributed by atoms with E-state index in [0.29, 0.717) is 0 Å². The van der Waals surface area contributed by atoms with Crippen molar-refractivity contribution in [2.24, 2.45) is 4.99 Å². The van der Waals surface area contributed by atoms with Gasteiger partial charge in [0.25, 0.3) is 0 Å². The molecule has 2 nitrogen and oxygen atoms in total. The Bertz CT molecular complexity index is 2660. The molecule has 8 aromatic rings. The van der Waals surface area contributed by atoms with Crippen molar-refractivity contribution in [2.75, 3.05) is 0 Å². The second-order valence-electron chi connectivity index (χ2n) is 12.9. The molecule has 1 aliphatic heterocycles. The van der Waals surface area contributed by atoms with E-state index in [1.54, 1.807) is 11.8 Å². The number of aromatic nitrogens is 1. The fourth-order valence-corrected chi connectivity index (χ4v) is 8.33. The molecule has 0 aliphatic carbocycles. The first kappa shape index (κ1) is 30.9. The summed E-state index contributed by atoms with van der Waals surface area (Å²) in [5.74, 6) is 0. The summed E-state index contributed by atoms with van der Waals surface area (Å²) in [5, 5.41) is 2.45. The summed E-state index contributed by atoms with van der Waals surface area (Å²) in [5.41, 5.74) is 14.5. The van der Waals surface area contributed by atoms with Crippen LogP contribution in [0, 0.1) is 0 Å². The van der Waals surface area contributed by atoms with Gasteiger partial charge in [-0.15, -0.1) is 0 Å². The third kappa shape index (κ3) is 5.62. The second-order valence-corrected chi connectivity index (χ2v) is 14.0. The number of thioether (sulfide) groups is 1. The van der Waals surface area contributed by atoms with E-state index in [9.17, 15) is 0 Å². The maximum atomic E-state index is 5.26. The molecule has 7 aromatic carbocycles. The lowest BCUT2D eigenvalue weighted by Gasteiger charge is -2.10. The first-order chi connectivity index (χ1) is 25.1. The van der Waals surface area contributed by atoms with Crippen molar-refractivity contribution in [3.05, 3.63) is 204 Å². The number of hydrogen-bond donors (Lipinski definition) is 0. The molecule has 0 bridgehead atoms. The van der Waals surface area contributed by atoms with Crippen LogP contribution in [0.5, 0.6) is 0 Å². The number of rotatable bonds is 6. The molecule has 1 aromatic heterocycles. The molecule has 0 radical (unpaired) electrons.